The van der Waals surface area contributed by atoms with Crippen LogP contribution in [0.15, 0.2) is 36.4 Å². The minimum absolute atomic E-state index is 0.341. The first-order chi connectivity index (χ1) is 12.0. The standard InChI is InChI=1S/C18H22FN3O3S/c1-11-5-7-14(9-16(11)19)21-18(23)13(3)20-15-8-6-12(2)17(10-15)22-26(4,24)25/h5-10,13,20,22H,1-4H3,(H,21,23)/t13-/m0/s1. The number of carbonyl (C=O) groups excluding carboxylic acids is 1. The summed E-state index contributed by atoms with van der Waals surface area (Å²) < 4.78 is 38.9. The van der Waals surface area contributed by atoms with Crippen molar-refractivity contribution < 1.29 is 17.6 Å². The zero-order valence-corrected chi connectivity index (χ0v) is 15.9. The van der Waals surface area contributed by atoms with Gasteiger partial charge in [-0.05, 0) is 56.2 Å². The number of benzene rings is 2. The van der Waals surface area contributed by atoms with Crippen LogP contribution in [0, 0.1) is 19.7 Å². The molecule has 0 spiro atoms. The molecule has 26 heavy (non-hydrogen) atoms. The number of nitrogens with one attached hydrogen (secondary N) is 3. The van der Waals surface area contributed by atoms with E-state index in [4.69, 9.17) is 0 Å². The number of sulfonamides is 1. The number of amides is 1. The number of halogens is 1. The second kappa shape index (κ2) is 7.74. The summed E-state index contributed by atoms with van der Waals surface area (Å²) in [4.78, 5) is 12.3. The van der Waals surface area contributed by atoms with E-state index in [0.717, 1.165) is 11.8 Å². The average Bonchev–Trinajstić information content (AvgIpc) is 2.52. The molecule has 2 rings (SSSR count). The van der Waals surface area contributed by atoms with Crippen molar-refractivity contribution in [1.82, 2.24) is 0 Å². The molecule has 0 saturated carbocycles. The number of carbonyl (C=O) groups is 1. The maximum absolute atomic E-state index is 13.6. The van der Waals surface area contributed by atoms with Gasteiger partial charge in [0.1, 0.15) is 11.9 Å². The van der Waals surface area contributed by atoms with Crippen molar-refractivity contribution in [3.63, 3.8) is 0 Å². The second-order valence-corrected chi connectivity index (χ2v) is 7.97. The monoisotopic (exact) mass is 379 g/mol. The van der Waals surface area contributed by atoms with Crippen molar-refractivity contribution >= 4 is 33.0 Å². The Kier molecular flexibility index (Phi) is 5.86. The van der Waals surface area contributed by atoms with E-state index in [1.165, 1.54) is 6.07 Å². The van der Waals surface area contributed by atoms with Gasteiger partial charge in [0.05, 0.1) is 11.9 Å². The molecule has 2 aromatic rings. The summed E-state index contributed by atoms with van der Waals surface area (Å²) in [5.41, 5.74) is 2.65. The maximum atomic E-state index is 13.6. The van der Waals surface area contributed by atoms with Crippen LogP contribution < -0.4 is 15.4 Å². The predicted octanol–water partition coefficient (Wildman–Crippen LogP) is 3.25. The van der Waals surface area contributed by atoms with Crippen LogP contribution >= 0.6 is 0 Å². The van der Waals surface area contributed by atoms with Crippen molar-refractivity contribution in [2.45, 2.75) is 26.8 Å². The van der Waals surface area contributed by atoms with Crippen LogP contribution in [-0.4, -0.2) is 26.6 Å². The van der Waals surface area contributed by atoms with Crippen molar-refractivity contribution in [3.8, 4) is 0 Å². The number of hydrogen-bond acceptors (Lipinski definition) is 4. The van der Waals surface area contributed by atoms with Gasteiger partial charge in [-0.2, -0.15) is 0 Å². The fraction of sp³-hybridized carbons (Fsp3) is 0.278. The Hall–Kier alpha value is -2.61. The highest BCUT2D eigenvalue weighted by Crippen LogP contribution is 2.22. The SMILES string of the molecule is Cc1ccc(NC(=O)[C@H](C)Nc2ccc(C)c(NS(C)(=O)=O)c2)cc1F. The van der Waals surface area contributed by atoms with E-state index < -0.39 is 21.9 Å². The lowest BCUT2D eigenvalue weighted by atomic mass is 10.1. The Labute approximate surface area is 152 Å². The van der Waals surface area contributed by atoms with E-state index in [2.05, 4.69) is 15.4 Å². The van der Waals surface area contributed by atoms with Gasteiger partial charge in [0, 0.05) is 11.4 Å². The topological polar surface area (TPSA) is 87.3 Å². The number of aryl methyl sites for hydroxylation is 2. The maximum Gasteiger partial charge on any atom is 0.246 e. The van der Waals surface area contributed by atoms with Gasteiger partial charge in [-0.3, -0.25) is 9.52 Å². The molecule has 1 amide bonds. The highest BCUT2D eigenvalue weighted by Gasteiger charge is 2.14. The molecule has 2 aromatic carbocycles. The normalized spacial score (nSPS) is 12.3. The van der Waals surface area contributed by atoms with Crippen molar-refractivity contribution in [2.75, 3.05) is 21.6 Å². The Morgan fingerprint density at radius 2 is 1.65 bits per heavy atom. The quantitative estimate of drug-likeness (QED) is 0.719. The molecule has 0 fully saturated rings. The highest BCUT2D eigenvalue weighted by molar-refractivity contribution is 7.92. The third-order valence-corrected chi connectivity index (χ3v) is 4.34. The van der Waals surface area contributed by atoms with Gasteiger partial charge in [0.15, 0.2) is 0 Å². The number of rotatable bonds is 6. The Morgan fingerprint density at radius 1 is 1.04 bits per heavy atom. The van der Waals surface area contributed by atoms with E-state index in [1.807, 2.05) is 0 Å². The smallest absolute Gasteiger partial charge is 0.246 e. The van der Waals surface area contributed by atoms with Crippen molar-refractivity contribution in [2.24, 2.45) is 0 Å². The molecule has 0 heterocycles. The van der Waals surface area contributed by atoms with Crippen LogP contribution in [0.3, 0.4) is 0 Å². The van der Waals surface area contributed by atoms with E-state index in [0.29, 0.717) is 22.6 Å². The zero-order chi connectivity index (χ0) is 19.5. The Morgan fingerprint density at radius 3 is 2.27 bits per heavy atom. The molecule has 0 aliphatic carbocycles. The number of hydrogen-bond donors (Lipinski definition) is 3. The van der Waals surface area contributed by atoms with Crippen LogP contribution in [0.1, 0.15) is 18.1 Å². The third-order valence-electron chi connectivity index (χ3n) is 3.75. The fourth-order valence-corrected chi connectivity index (χ4v) is 2.88. The van der Waals surface area contributed by atoms with Crippen LogP contribution in [0.4, 0.5) is 21.5 Å². The summed E-state index contributed by atoms with van der Waals surface area (Å²) in [6.07, 6.45) is 1.07. The Balaban J connectivity index is 2.08. The first-order valence-electron chi connectivity index (χ1n) is 7.97. The number of anilines is 3. The molecular weight excluding hydrogens is 357 g/mol. The van der Waals surface area contributed by atoms with E-state index in [9.17, 15) is 17.6 Å². The van der Waals surface area contributed by atoms with Crippen LogP contribution in [0.25, 0.3) is 0 Å². The fourth-order valence-electron chi connectivity index (χ4n) is 2.26. The summed E-state index contributed by atoms with van der Waals surface area (Å²) in [7, 11) is -3.40. The molecule has 0 aromatic heterocycles. The van der Waals surface area contributed by atoms with Gasteiger partial charge in [0.2, 0.25) is 15.9 Å². The molecule has 6 nitrogen and oxygen atoms in total. The highest BCUT2D eigenvalue weighted by atomic mass is 32.2. The molecule has 0 unspecified atom stereocenters. The molecule has 8 heteroatoms. The van der Waals surface area contributed by atoms with Gasteiger partial charge in [-0.25, -0.2) is 12.8 Å². The van der Waals surface area contributed by atoms with Crippen LogP contribution in [0.5, 0.6) is 0 Å². The summed E-state index contributed by atoms with van der Waals surface area (Å²) in [6.45, 7) is 5.08. The molecule has 0 aliphatic rings. The van der Waals surface area contributed by atoms with E-state index in [-0.39, 0.29) is 5.91 Å². The molecular formula is C18H22FN3O3S. The van der Waals surface area contributed by atoms with Crippen LogP contribution in [0.2, 0.25) is 0 Å². The van der Waals surface area contributed by atoms with E-state index >= 15 is 0 Å². The van der Waals surface area contributed by atoms with Crippen molar-refractivity contribution in [3.05, 3.63) is 53.3 Å². The molecule has 3 N–H and O–H groups in total. The molecule has 0 radical (unpaired) electrons. The molecule has 1 atom stereocenters. The lowest BCUT2D eigenvalue weighted by Gasteiger charge is -2.17. The summed E-state index contributed by atoms with van der Waals surface area (Å²) in [6, 6.07) is 8.97. The largest absolute Gasteiger partial charge is 0.374 e. The Bertz CT molecular complexity index is 929. The molecule has 0 bridgehead atoms. The first-order valence-corrected chi connectivity index (χ1v) is 9.86. The van der Waals surface area contributed by atoms with E-state index in [1.54, 1.807) is 51.1 Å². The summed E-state index contributed by atoms with van der Waals surface area (Å²) in [5.74, 6) is -0.732. The lowest BCUT2D eigenvalue weighted by molar-refractivity contribution is -0.116. The predicted molar refractivity (Wildman–Crippen MR) is 102 cm³/mol. The minimum atomic E-state index is -3.40. The zero-order valence-electron chi connectivity index (χ0n) is 15.1. The van der Waals surface area contributed by atoms with Gasteiger partial charge in [0.25, 0.3) is 0 Å². The van der Waals surface area contributed by atoms with Gasteiger partial charge in [-0.15, -0.1) is 0 Å². The third kappa shape index (κ3) is 5.45. The van der Waals surface area contributed by atoms with Gasteiger partial charge < -0.3 is 10.6 Å². The van der Waals surface area contributed by atoms with Crippen LogP contribution in [-0.2, 0) is 14.8 Å². The lowest BCUT2D eigenvalue weighted by Crippen LogP contribution is -2.32. The molecule has 0 aliphatic heterocycles. The van der Waals surface area contributed by atoms with Crippen molar-refractivity contribution in [1.29, 1.82) is 0 Å². The minimum Gasteiger partial charge on any atom is -0.374 e. The first kappa shape index (κ1) is 19.7. The summed E-state index contributed by atoms with van der Waals surface area (Å²) in [5, 5.41) is 5.64. The van der Waals surface area contributed by atoms with Gasteiger partial charge in [-0.1, -0.05) is 12.1 Å². The average molecular weight is 379 g/mol. The molecule has 0 saturated heterocycles. The molecule has 140 valence electrons. The van der Waals surface area contributed by atoms with Gasteiger partial charge >= 0.3 is 0 Å². The summed E-state index contributed by atoms with van der Waals surface area (Å²) >= 11 is 0. The second-order valence-electron chi connectivity index (χ2n) is 6.22.